The van der Waals surface area contributed by atoms with E-state index in [-0.39, 0.29) is 18.2 Å². The number of carbonyl (C=O) groups is 2. The van der Waals surface area contributed by atoms with Crippen LogP contribution in [0.5, 0.6) is 5.75 Å². The number of fused-ring (bicyclic) bond motifs is 1. The first-order valence-electron chi connectivity index (χ1n) is 9.23. The Kier molecular flexibility index (Phi) is 5.33. The predicted octanol–water partition coefficient (Wildman–Crippen LogP) is 3.98. The number of hydrogen-bond acceptors (Lipinski definition) is 4. The number of anilines is 2. The van der Waals surface area contributed by atoms with Gasteiger partial charge in [0.05, 0.1) is 17.8 Å². The van der Waals surface area contributed by atoms with E-state index in [1.807, 2.05) is 60.7 Å². The molecule has 29 heavy (non-hydrogen) atoms. The molecule has 0 saturated carbocycles. The van der Waals surface area contributed by atoms with Crippen molar-refractivity contribution in [3.63, 3.8) is 0 Å². The first-order chi connectivity index (χ1) is 14.2. The van der Waals surface area contributed by atoms with Crippen molar-refractivity contribution in [1.82, 2.24) is 4.98 Å². The fraction of sp³-hybridized carbons (Fsp3) is 0.0870. The predicted molar refractivity (Wildman–Crippen MR) is 112 cm³/mol. The zero-order valence-corrected chi connectivity index (χ0v) is 15.5. The van der Waals surface area contributed by atoms with E-state index in [1.165, 1.54) is 0 Å². The van der Waals surface area contributed by atoms with Gasteiger partial charge in [-0.05, 0) is 48.0 Å². The van der Waals surface area contributed by atoms with E-state index in [0.29, 0.717) is 17.1 Å². The summed E-state index contributed by atoms with van der Waals surface area (Å²) < 4.78 is 5.67. The number of carbonyl (C=O) groups excluding carboxylic acids is 2. The molecule has 0 fully saturated rings. The van der Waals surface area contributed by atoms with Crippen molar-refractivity contribution in [2.24, 2.45) is 0 Å². The van der Waals surface area contributed by atoms with Crippen molar-refractivity contribution in [3.8, 4) is 5.75 Å². The molecule has 4 rings (SSSR count). The summed E-state index contributed by atoms with van der Waals surface area (Å²) in [7, 11) is 0. The Hall–Kier alpha value is -3.93. The summed E-state index contributed by atoms with van der Waals surface area (Å²) in [4.78, 5) is 28.9. The average molecular weight is 385 g/mol. The van der Waals surface area contributed by atoms with Gasteiger partial charge in [0, 0.05) is 11.9 Å². The molecule has 0 unspecified atom stereocenters. The van der Waals surface area contributed by atoms with Gasteiger partial charge in [-0.25, -0.2) is 0 Å². The van der Waals surface area contributed by atoms with Gasteiger partial charge in [-0.1, -0.05) is 36.4 Å². The van der Waals surface area contributed by atoms with Crippen molar-refractivity contribution in [2.75, 3.05) is 10.6 Å². The number of aromatic nitrogens is 1. The Balaban J connectivity index is 1.39. The van der Waals surface area contributed by atoms with Crippen LogP contribution < -0.4 is 15.4 Å². The minimum Gasteiger partial charge on any atom is -0.478 e. The number of para-hydroxylation sites is 2. The summed E-state index contributed by atoms with van der Waals surface area (Å²) in [6.07, 6.45) is 4.62. The average Bonchev–Trinajstić information content (AvgIpc) is 2.74. The first-order valence-corrected chi connectivity index (χ1v) is 9.23. The van der Waals surface area contributed by atoms with Crippen LogP contribution in [-0.4, -0.2) is 22.9 Å². The molecule has 3 aromatic rings. The number of rotatable bonds is 5. The van der Waals surface area contributed by atoms with Gasteiger partial charge in [-0.2, -0.15) is 0 Å². The maximum Gasteiger partial charge on any atom is 0.266 e. The lowest BCUT2D eigenvalue weighted by atomic mass is 10.1. The summed E-state index contributed by atoms with van der Waals surface area (Å²) in [5.41, 5.74) is 3.04. The lowest BCUT2D eigenvalue weighted by Gasteiger charge is -2.25. The SMILES string of the molecule is O=C(C[C@H]1Oc2ccccc2NC1=O)Nc1cccc(/C=C/c2ccccn2)c1. The smallest absolute Gasteiger partial charge is 0.266 e. The second kappa shape index (κ2) is 8.39. The van der Waals surface area contributed by atoms with Gasteiger partial charge in [0.1, 0.15) is 5.75 Å². The van der Waals surface area contributed by atoms with Gasteiger partial charge in [0.25, 0.3) is 5.91 Å². The normalized spacial score (nSPS) is 15.3. The van der Waals surface area contributed by atoms with E-state index in [1.54, 1.807) is 24.4 Å². The Morgan fingerprint density at radius 3 is 2.79 bits per heavy atom. The van der Waals surface area contributed by atoms with E-state index >= 15 is 0 Å². The molecule has 2 aromatic carbocycles. The molecule has 0 aliphatic carbocycles. The van der Waals surface area contributed by atoms with Gasteiger partial charge in [-0.15, -0.1) is 0 Å². The van der Waals surface area contributed by atoms with E-state index in [4.69, 9.17) is 4.74 Å². The van der Waals surface area contributed by atoms with E-state index in [0.717, 1.165) is 11.3 Å². The Labute approximate surface area is 168 Å². The zero-order chi connectivity index (χ0) is 20.1. The molecule has 2 N–H and O–H groups in total. The molecule has 0 bridgehead atoms. The number of hydrogen-bond donors (Lipinski definition) is 2. The highest BCUT2D eigenvalue weighted by Gasteiger charge is 2.29. The molecule has 1 aliphatic rings. The largest absolute Gasteiger partial charge is 0.478 e. The van der Waals surface area contributed by atoms with Crippen molar-refractivity contribution >= 4 is 35.3 Å². The van der Waals surface area contributed by atoms with E-state index in [2.05, 4.69) is 15.6 Å². The minimum atomic E-state index is -0.864. The molecular weight excluding hydrogens is 366 g/mol. The second-order valence-corrected chi connectivity index (χ2v) is 6.56. The highest BCUT2D eigenvalue weighted by molar-refractivity contribution is 6.02. The van der Waals surface area contributed by atoms with Gasteiger partial charge in [-0.3, -0.25) is 14.6 Å². The lowest BCUT2D eigenvalue weighted by molar-refractivity contribution is -0.128. The molecule has 6 nitrogen and oxygen atoms in total. The van der Waals surface area contributed by atoms with Crippen molar-refractivity contribution in [2.45, 2.75) is 12.5 Å². The number of benzene rings is 2. The number of ether oxygens (including phenoxy) is 1. The van der Waals surface area contributed by atoms with Gasteiger partial charge < -0.3 is 15.4 Å². The highest BCUT2D eigenvalue weighted by Crippen LogP contribution is 2.29. The summed E-state index contributed by atoms with van der Waals surface area (Å²) in [6, 6.07) is 20.3. The van der Waals surface area contributed by atoms with E-state index in [9.17, 15) is 9.59 Å². The molecule has 2 heterocycles. The van der Waals surface area contributed by atoms with Gasteiger partial charge in [0.15, 0.2) is 6.10 Å². The monoisotopic (exact) mass is 385 g/mol. The number of nitrogens with zero attached hydrogens (tertiary/aromatic N) is 1. The summed E-state index contributed by atoms with van der Waals surface area (Å²) in [5, 5.41) is 5.59. The standard InChI is InChI=1S/C23H19N3O3/c27-22(15-21-23(28)26-19-9-1-2-10-20(19)29-21)25-18-8-5-6-16(14-18)11-12-17-7-3-4-13-24-17/h1-14,21H,15H2,(H,25,27)(H,26,28)/b12-11+/t21-/m1/s1. The molecule has 0 radical (unpaired) electrons. The fourth-order valence-electron chi connectivity index (χ4n) is 2.98. The van der Waals surface area contributed by atoms with Crippen LogP contribution in [0.25, 0.3) is 12.2 Å². The maximum atomic E-state index is 12.4. The quantitative estimate of drug-likeness (QED) is 0.696. The molecule has 1 aromatic heterocycles. The number of pyridine rings is 1. The molecule has 6 heteroatoms. The Morgan fingerprint density at radius 1 is 1.07 bits per heavy atom. The summed E-state index contributed by atoms with van der Waals surface area (Å²) >= 11 is 0. The third-order valence-electron chi connectivity index (χ3n) is 4.38. The van der Waals surface area contributed by atoms with Crippen LogP contribution >= 0.6 is 0 Å². The highest BCUT2D eigenvalue weighted by atomic mass is 16.5. The van der Waals surface area contributed by atoms with Crippen LogP contribution in [0.1, 0.15) is 17.7 Å². The van der Waals surface area contributed by atoms with Gasteiger partial charge in [0.2, 0.25) is 5.91 Å². The molecule has 0 spiro atoms. The summed E-state index contributed by atoms with van der Waals surface area (Å²) in [5.74, 6) is -0.0622. The third-order valence-corrected chi connectivity index (χ3v) is 4.38. The maximum absolute atomic E-state index is 12.4. The van der Waals surface area contributed by atoms with Crippen LogP contribution in [0.15, 0.2) is 72.9 Å². The van der Waals surface area contributed by atoms with Crippen LogP contribution in [0.3, 0.4) is 0 Å². The molecule has 2 amide bonds. The molecule has 0 saturated heterocycles. The van der Waals surface area contributed by atoms with Crippen LogP contribution in [0.2, 0.25) is 0 Å². The second-order valence-electron chi connectivity index (χ2n) is 6.56. The van der Waals surface area contributed by atoms with Crippen molar-refractivity contribution < 1.29 is 14.3 Å². The lowest BCUT2D eigenvalue weighted by Crippen LogP contribution is -2.39. The molecule has 144 valence electrons. The van der Waals surface area contributed by atoms with Crippen molar-refractivity contribution in [1.29, 1.82) is 0 Å². The molecular formula is C23H19N3O3. The number of amides is 2. The van der Waals surface area contributed by atoms with E-state index < -0.39 is 6.10 Å². The van der Waals surface area contributed by atoms with Crippen molar-refractivity contribution in [3.05, 3.63) is 84.2 Å². The first kappa shape index (κ1) is 18.4. The zero-order valence-electron chi connectivity index (χ0n) is 15.5. The number of nitrogens with one attached hydrogen (secondary N) is 2. The van der Waals surface area contributed by atoms with Crippen LogP contribution in [-0.2, 0) is 9.59 Å². The Bertz CT molecular complexity index is 1060. The van der Waals surface area contributed by atoms with Crippen LogP contribution in [0.4, 0.5) is 11.4 Å². The van der Waals surface area contributed by atoms with Crippen LogP contribution in [0, 0.1) is 0 Å². The van der Waals surface area contributed by atoms with Gasteiger partial charge >= 0.3 is 0 Å². The molecule has 1 aliphatic heterocycles. The minimum absolute atomic E-state index is 0.0752. The summed E-state index contributed by atoms with van der Waals surface area (Å²) in [6.45, 7) is 0. The topological polar surface area (TPSA) is 80.3 Å². The third kappa shape index (κ3) is 4.68. The fourth-order valence-corrected chi connectivity index (χ4v) is 2.98. The molecule has 1 atom stereocenters. The Morgan fingerprint density at radius 2 is 1.93 bits per heavy atom.